The number of hydrogen-bond donors (Lipinski definition) is 0. The lowest BCUT2D eigenvalue weighted by Gasteiger charge is -2.04. The lowest BCUT2D eigenvalue weighted by molar-refractivity contribution is 0.693. The molecule has 3 aromatic heterocycles. The first-order valence-electron chi connectivity index (χ1n) is 7.72. The number of hydrogen-bond acceptors (Lipinski definition) is 4. The molecule has 0 radical (unpaired) electrons. The third kappa shape index (κ3) is 2.92. The molecule has 0 fully saturated rings. The minimum absolute atomic E-state index is 0.127. The second-order valence-electron chi connectivity index (χ2n) is 5.72. The number of fused-ring (bicyclic) bond motifs is 1. The number of nitrogens with zero attached hydrogens (tertiary/aromatic N) is 5. The second kappa shape index (κ2) is 6.14. The van der Waals surface area contributed by atoms with Gasteiger partial charge in [0.15, 0.2) is 5.65 Å². The Morgan fingerprint density at radius 2 is 1.92 bits per heavy atom. The number of halogens is 1. The van der Waals surface area contributed by atoms with Crippen molar-refractivity contribution in [2.24, 2.45) is 7.05 Å². The molecule has 7 heteroatoms. The van der Waals surface area contributed by atoms with E-state index in [0.29, 0.717) is 17.6 Å². The summed E-state index contributed by atoms with van der Waals surface area (Å²) in [6.45, 7) is 0.541. The van der Waals surface area contributed by atoms with Crippen LogP contribution in [0.4, 0.5) is 0 Å². The Balaban J connectivity index is 1.63. The monoisotopic (exact) mass is 351 g/mol. The average molecular weight is 352 g/mol. The molecule has 0 spiro atoms. The largest absolute Gasteiger partial charge is 0.286 e. The second-order valence-corrected chi connectivity index (χ2v) is 6.06. The van der Waals surface area contributed by atoms with Crippen molar-refractivity contribution in [2.45, 2.75) is 6.54 Å². The molecule has 0 saturated heterocycles. The van der Waals surface area contributed by atoms with E-state index in [0.717, 1.165) is 16.8 Å². The van der Waals surface area contributed by atoms with Gasteiger partial charge in [0, 0.05) is 25.0 Å². The summed E-state index contributed by atoms with van der Waals surface area (Å²) < 4.78 is 3.00. The van der Waals surface area contributed by atoms with E-state index in [4.69, 9.17) is 11.6 Å². The summed E-state index contributed by atoms with van der Waals surface area (Å²) in [4.78, 5) is 20.7. The topological polar surface area (TPSA) is 65.6 Å². The lowest BCUT2D eigenvalue weighted by atomic mass is 10.1. The zero-order valence-electron chi connectivity index (χ0n) is 13.4. The van der Waals surface area contributed by atoms with Gasteiger partial charge < -0.3 is 0 Å². The van der Waals surface area contributed by atoms with Crippen LogP contribution in [0.5, 0.6) is 0 Å². The van der Waals surface area contributed by atoms with Gasteiger partial charge in [0.2, 0.25) is 5.28 Å². The van der Waals surface area contributed by atoms with E-state index in [1.54, 1.807) is 24.1 Å². The van der Waals surface area contributed by atoms with Crippen LogP contribution in [0.2, 0.25) is 5.28 Å². The van der Waals surface area contributed by atoms with Crippen LogP contribution < -0.4 is 5.56 Å². The smallest absolute Gasteiger partial charge is 0.265 e. The third-order valence-corrected chi connectivity index (χ3v) is 4.35. The van der Waals surface area contributed by atoms with Gasteiger partial charge in [-0.3, -0.25) is 19.0 Å². The van der Waals surface area contributed by atoms with Crippen LogP contribution >= 0.6 is 11.6 Å². The molecule has 25 heavy (non-hydrogen) atoms. The fourth-order valence-electron chi connectivity index (χ4n) is 2.65. The summed E-state index contributed by atoms with van der Waals surface area (Å²) in [6.07, 6.45) is 3.48. The predicted molar refractivity (Wildman–Crippen MR) is 96.6 cm³/mol. The van der Waals surface area contributed by atoms with Crippen molar-refractivity contribution >= 4 is 22.6 Å². The van der Waals surface area contributed by atoms with Crippen molar-refractivity contribution < 1.29 is 0 Å². The first-order valence-corrected chi connectivity index (χ1v) is 8.09. The van der Waals surface area contributed by atoms with Crippen LogP contribution in [-0.2, 0) is 13.6 Å². The van der Waals surface area contributed by atoms with Crippen LogP contribution in [-0.4, -0.2) is 24.3 Å². The molecule has 1 aromatic carbocycles. The number of rotatable bonds is 3. The minimum atomic E-state index is -0.202. The van der Waals surface area contributed by atoms with Crippen molar-refractivity contribution in [3.8, 4) is 11.3 Å². The third-order valence-electron chi connectivity index (χ3n) is 4.01. The Hall–Kier alpha value is -2.99. The molecule has 0 aliphatic rings. The Labute approximate surface area is 148 Å². The predicted octanol–water partition coefficient (Wildman–Crippen LogP) is 2.89. The number of benzene rings is 1. The summed E-state index contributed by atoms with van der Waals surface area (Å²) in [6, 6.07) is 13.9. The molecule has 6 nitrogen and oxygen atoms in total. The van der Waals surface area contributed by atoms with Gasteiger partial charge in [-0.2, -0.15) is 10.1 Å². The Morgan fingerprint density at radius 3 is 2.64 bits per heavy atom. The van der Waals surface area contributed by atoms with Crippen LogP contribution in [0.25, 0.3) is 22.3 Å². The molecule has 0 aliphatic heterocycles. The van der Waals surface area contributed by atoms with Gasteiger partial charge in [-0.15, -0.1) is 0 Å². The molecular formula is C18H14ClN5O. The number of aromatic nitrogens is 5. The molecular weight excluding hydrogens is 338 g/mol. The molecule has 0 N–H and O–H groups in total. The van der Waals surface area contributed by atoms with Crippen LogP contribution in [0.15, 0.2) is 59.7 Å². The zero-order chi connectivity index (χ0) is 17.4. The number of pyridine rings is 1. The van der Waals surface area contributed by atoms with Gasteiger partial charge in [-0.25, -0.2) is 0 Å². The van der Waals surface area contributed by atoms with E-state index in [-0.39, 0.29) is 10.8 Å². The summed E-state index contributed by atoms with van der Waals surface area (Å²) in [5.74, 6) is 0. The van der Waals surface area contributed by atoms with Crippen molar-refractivity contribution in [1.29, 1.82) is 0 Å². The molecule has 0 amide bonds. The molecule has 0 aliphatic carbocycles. The van der Waals surface area contributed by atoms with E-state index in [1.807, 2.05) is 42.5 Å². The molecule has 4 rings (SSSR count). The molecule has 0 atom stereocenters. The van der Waals surface area contributed by atoms with Gasteiger partial charge in [0.25, 0.3) is 5.56 Å². The van der Waals surface area contributed by atoms with Crippen LogP contribution in [0.3, 0.4) is 0 Å². The van der Waals surface area contributed by atoms with Crippen molar-refractivity contribution in [3.05, 3.63) is 76.1 Å². The Bertz CT molecular complexity index is 1100. The summed E-state index contributed by atoms with van der Waals surface area (Å²) in [5, 5.41) is 4.93. The van der Waals surface area contributed by atoms with Gasteiger partial charge >= 0.3 is 0 Å². The fourth-order valence-corrected chi connectivity index (χ4v) is 2.81. The van der Waals surface area contributed by atoms with Crippen molar-refractivity contribution in [3.63, 3.8) is 0 Å². The highest BCUT2D eigenvalue weighted by atomic mass is 35.5. The quantitative estimate of drug-likeness (QED) is 0.532. The van der Waals surface area contributed by atoms with E-state index >= 15 is 0 Å². The Morgan fingerprint density at radius 1 is 1.12 bits per heavy atom. The van der Waals surface area contributed by atoms with Crippen molar-refractivity contribution in [1.82, 2.24) is 24.3 Å². The molecule has 4 aromatic rings. The van der Waals surface area contributed by atoms with Gasteiger partial charge in [0.1, 0.15) is 5.39 Å². The standard InChI is InChI=1S/C18H14ClN5O/c1-23-17(25)14-11-24(22-16(14)21-18(23)19)10-12-5-7-13(8-6-12)15-4-2-3-9-20-15/h2-9,11H,10H2,1H3. The lowest BCUT2D eigenvalue weighted by Crippen LogP contribution is -2.17. The highest BCUT2D eigenvalue weighted by Crippen LogP contribution is 2.17. The molecule has 0 saturated carbocycles. The highest BCUT2D eigenvalue weighted by Gasteiger charge is 2.11. The first-order chi connectivity index (χ1) is 12.1. The van der Waals surface area contributed by atoms with Gasteiger partial charge in [0.05, 0.1) is 12.2 Å². The highest BCUT2D eigenvalue weighted by molar-refractivity contribution is 6.28. The maximum atomic E-state index is 12.2. The maximum Gasteiger partial charge on any atom is 0.265 e. The van der Waals surface area contributed by atoms with Gasteiger partial charge in [-0.1, -0.05) is 30.3 Å². The first kappa shape index (κ1) is 15.5. The molecule has 0 bridgehead atoms. The average Bonchev–Trinajstić information content (AvgIpc) is 3.03. The molecule has 3 heterocycles. The summed E-state index contributed by atoms with van der Waals surface area (Å²) >= 11 is 5.93. The van der Waals surface area contributed by atoms with Crippen LogP contribution in [0.1, 0.15) is 5.56 Å². The fraction of sp³-hybridized carbons (Fsp3) is 0.111. The SMILES string of the molecule is Cn1c(Cl)nc2nn(Cc3ccc(-c4ccccn4)cc3)cc2c1=O. The van der Waals surface area contributed by atoms with Gasteiger partial charge in [-0.05, 0) is 29.3 Å². The molecule has 124 valence electrons. The van der Waals surface area contributed by atoms with E-state index in [1.165, 1.54) is 4.57 Å². The molecule has 0 unspecified atom stereocenters. The Kier molecular flexibility index (Phi) is 3.82. The van der Waals surface area contributed by atoms with Crippen LogP contribution in [0, 0.1) is 0 Å². The van der Waals surface area contributed by atoms with E-state index in [2.05, 4.69) is 15.1 Å². The maximum absolute atomic E-state index is 12.2. The summed E-state index contributed by atoms with van der Waals surface area (Å²) in [5.41, 5.74) is 3.21. The normalized spacial score (nSPS) is 11.1. The van der Waals surface area contributed by atoms with E-state index < -0.39 is 0 Å². The van der Waals surface area contributed by atoms with E-state index in [9.17, 15) is 4.79 Å². The van der Waals surface area contributed by atoms with Crippen molar-refractivity contribution in [2.75, 3.05) is 0 Å². The summed E-state index contributed by atoms with van der Waals surface area (Å²) in [7, 11) is 1.59. The zero-order valence-corrected chi connectivity index (χ0v) is 14.2. The minimum Gasteiger partial charge on any atom is -0.286 e.